The number of aryl methyl sites for hydroxylation is 2. The molecule has 1 aromatic heterocycles. The summed E-state index contributed by atoms with van der Waals surface area (Å²) in [5.74, 6) is 0.820. The first-order valence-corrected chi connectivity index (χ1v) is 8.93. The van der Waals surface area contributed by atoms with Crippen molar-refractivity contribution in [3.8, 4) is 11.1 Å². The summed E-state index contributed by atoms with van der Waals surface area (Å²) in [5.41, 5.74) is 5.43. The third kappa shape index (κ3) is 3.21. The number of aromatic nitrogens is 1. The van der Waals surface area contributed by atoms with E-state index in [0.717, 1.165) is 39.4 Å². The summed E-state index contributed by atoms with van der Waals surface area (Å²) in [5, 5.41) is 10.9. The second-order valence-corrected chi connectivity index (χ2v) is 7.80. The summed E-state index contributed by atoms with van der Waals surface area (Å²) in [7, 11) is 2.19. The molecule has 0 amide bonds. The van der Waals surface area contributed by atoms with Crippen LogP contribution in [0.5, 0.6) is 0 Å². The van der Waals surface area contributed by atoms with Gasteiger partial charge in [0.05, 0.1) is 34.9 Å². The molecule has 1 aliphatic heterocycles. The van der Waals surface area contributed by atoms with Crippen LogP contribution >= 0.6 is 0 Å². The van der Waals surface area contributed by atoms with Gasteiger partial charge < -0.3 is 24.5 Å². The monoisotopic (exact) mass is 357 g/mol. The highest BCUT2D eigenvalue weighted by Gasteiger charge is 2.38. The summed E-state index contributed by atoms with van der Waals surface area (Å²) in [6.07, 6.45) is 0. The van der Waals surface area contributed by atoms with Gasteiger partial charge in [0, 0.05) is 12.7 Å². The van der Waals surface area contributed by atoms with E-state index in [4.69, 9.17) is 13.9 Å². The number of nitrogens with zero attached hydrogens (tertiary/aromatic N) is 1. The van der Waals surface area contributed by atoms with Crippen molar-refractivity contribution in [3.63, 3.8) is 0 Å². The molecule has 140 valence electrons. The molecule has 0 bridgehead atoms. The number of fused-ring (bicyclic) bond motifs is 1. The minimum absolute atomic E-state index is 0.402. The third-order valence-electron chi connectivity index (χ3n) is 5.63. The van der Waals surface area contributed by atoms with Crippen LogP contribution in [0.4, 0.5) is 11.4 Å². The zero-order chi connectivity index (χ0) is 19.1. The molecule has 1 aromatic carbocycles. The summed E-state index contributed by atoms with van der Waals surface area (Å²) in [6.45, 7) is 12.8. The van der Waals surface area contributed by atoms with Crippen molar-refractivity contribution in [3.05, 3.63) is 23.6 Å². The lowest BCUT2D eigenvalue weighted by molar-refractivity contribution is -0.114. The molecular formula is C19H28BN3O3. The van der Waals surface area contributed by atoms with Crippen LogP contribution in [-0.4, -0.2) is 37.6 Å². The first-order chi connectivity index (χ1) is 12.2. The molecule has 0 spiro atoms. The van der Waals surface area contributed by atoms with Crippen LogP contribution in [-0.2, 0) is 9.39 Å². The first-order valence-electron chi connectivity index (χ1n) is 8.93. The van der Waals surface area contributed by atoms with Crippen LogP contribution in [0.15, 0.2) is 16.7 Å². The van der Waals surface area contributed by atoms with Crippen molar-refractivity contribution < 1.29 is 13.9 Å². The maximum atomic E-state index is 6.30. The van der Waals surface area contributed by atoms with Gasteiger partial charge in [-0.15, -0.1) is 0 Å². The SMILES string of the molecule is COC(C)(C)C(C)(C)OBc1cc(-c2c(C)noc2C)cc2c1NCN2. The molecule has 1 aliphatic rings. The van der Waals surface area contributed by atoms with E-state index in [-0.39, 0.29) is 0 Å². The molecule has 2 N–H and O–H groups in total. The van der Waals surface area contributed by atoms with Gasteiger partial charge in [-0.3, -0.25) is 0 Å². The molecule has 7 heteroatoms. The molecule has 2 heterocycles. The van der Waals surface area contributed by atoms with Gasteiger partial charge >= 0.3 is 7.48 Å². The lowest BCUT2D eigenvalue weighted by Crippen LogP contribution is -2.50. The maximum Gasteiger partial charge on any atom is 0.311 e. The Bertz CT molecular complexity index is 795. The van der Waals surface area contributed by atoms with E-state index in [1.165, 1.54) is 0 Å². The van der Waals surface area contributed by atoms with Gasteiger partial charge in [0.25, 0.3) is 0 Å². The summed E-state index contributed by atoms with van der Waals surface area (Å²) in [6, 6.07) is 4.29. The van der Waals surface area contributed by atoms with E-state index in [1.54, 1.807) is 7.11 Å². The van der Waals surface area contributed by atoms with Crippen molar-refractivity contribution >= 4 is 24.3 Å². The predicted molar refractivity (Wildman–Crippen MR) is 107 cm³/mol. The Labute approximate surface area is 155 Å². The molecule has 0 unspecified atom stereocenters. The lowest BCUT2D eigenvalue weighted by Gasteiger charge is -2.40. The van der Waals surface area contributed by atoms with Gasteiger partial charge in [0.15, 0.2) is 0 Å². The highest BCUT2D eigenvalue weighted by molar-refractivity contribution is 6.50. The van der Waals surface area contributed by atoms with E-state index in [1.807, 2.05) is 27.7 Å². The number of ether oxygens (including phenoxy) is 1. The molecule has 3 rings (SSSR count). The van der Waals surface area contributed by atoms with E-state index in [0.29, 0.717) is 14.2 Å². The van der Waals surface area contributed by atoms with Crippen LogP contribution in [0.3, 0.4) is 0 Å². The molecular weight excluding hydrogens is 329 g/mol. The van der Waals surface area contributed by atoms with Crippen LogP contribution < -0.4 is 16.1 Å². The number of methoxy groups -OCH3 is 1. The smallest absolute Gasteiger partial charge is 0.311 e. The Kier molecular flexibility index (Phi) is 4.79. The quantitative estimate of drug-likeness (QED) is 0.775. The van der Waals surface area contributed by atoms with Gasteiger partial charge in [-0.25, -0.2) is 0 Å². The molecule has 0 fully saturated rings. The van der Waals surface area contributed by atoms with Gasteiger partial charge in [-0.2, -0.15) is 0 Å². The van der Waals surface area contributed by atoms with Gasteiger partial charge in [0.1, 0.15) is 5.76 Å². The molecule has 2 aromatic rings. The Balaban J connectivity index is 1.95. The normalized spacial score (nSPS) is 14.0. The minimum atomic E-state index is -0.445. The first kappa shape index (κ1) is 18.8. The van der Waals surface area contributed by atoms with Crippen molar-refractivity contribution in [2.75, 3.05) is 24.4 Å². The molecule has 6 nitrogen and oxygen atoms in total. The highest BCUT2D eigenvalue weighted by Crippen LogP contribution is 2.34. The fraction of sp³-hybridized carbons (Fsp3) is 0.526. The number of anilines is 2. The molecule has 0 aliphatic carbocycles. The lowest BCUT2D eigenvalue weighted by atomic mass is 9.80. The molecule has 0 atom stereocenters. The topological polar surface area (TPSA) is 68.5 Å². The summed E-state index contributed by atoms with van der Waals surface area (Å²) >= 11 is 0. The number of hydrogen-bond acceptors (Lipinski definition) is 6. The Morgan fingerprint density at radius 3 is 2.46 bits per heavy atom. The third-order valence-corrected chi connectivity index (χ3v) is 5.63. The number of hydrogen-bond donors (Lipinski definition) is 2. The average molecular weight is 357 g/mol. The molecule has 0 saturated carbocycles. The van der Waals surface area contributed by atoms with E-state index in [9.17, 15) is 0 Å². The second kappa shape index (κ2) is 6.63. The zero-order valence-electron chi connectivity index (χ0n) is 16.7. The second-order valence-electron chi connectivity index (χ2n) is 7.80. The Morgan fingerprint density at radius 2 is 1.85 bits per heavy atom. The Hall–Kier alpha value is -1.99. The Morgan fingerprint density at radius 1 is 1.12 bits per heavy atom. The van der Waals surface area contributed by atoms with Crippen LogP contribution in [0.2, 0.25) is 0 Å². The largest absolute Gasteiger partial charge is 0.427 e. The van der Waals surface area contributed by atoms with Gasteiger partial charge in [-0.05, 0) is 58.6 Å². The number of nitrogens with one attached hydrogen (secondary N) is 2. The van der Waals surface area contributed by atoms with Crippen LogP contribution in [0.1, 0.15) is 39.1 Å². The van der Waals surface area contributed by atoms with E-state index < -0.39 is 11.2 Å². The van der Waals surface area contributed by atoms with Crippen molar-refractivity contribution in [2.24, 2.45) is 0 Å². The average Bonchev–Trinajstić information content (AvgIpc) is 3.18. The summed E-state index contributed by atoms with van der Waals surface area (Å²) in [4.78, 5) is 0. The number of benzene rings is 1. The molecule has 0 saturated heterocycles. The number of rotatable bonds is 6. The maximum absolute atomic E-state index is 6.30. The van der Waals surface area contributed by atoms with Gasteiger partial charge in [0.2, 0.25) is 0 Å². The van der Waals surface area contributed by atoms with Crippen LogP contribution in [0, 0.1) is 13.8 Å². The fourth-order valence-electron chi connectivity index (χ4n) is 3.11. The summed E-state index contributed by atoms with van der Waals surface area (Å²) < 4.78 is 17.3. The van der Waals surface area contributed by atoms with Crippen molar-refractivity contribution in [2.45, 2.75) is 52.7 Å². The van der Waals surface area contributed by atoms with Crippen molar-refractivity contribution in [1.29, 1.82) is 0 Å². The molecule has 0 radical (unpaired) electrons. The highest BCUT2D eigenvalue weighted by atomic mass is 16.5. The molecule has 26 heavy (non-hydrogen) atoms. The zero-order valence-corrected chi connectivity index (χ0v) is 16.7. The fourth-order valence-corrected chi connectivity index (χ4v) is 3.11. The predicted octanol–water partition coefficient (Wildman–Crippen LogP) is 2.95. The standard InChI is InChI=1S/C19H28BN3O3/c1-11-16(12(2)25-23-11)13-8-14(17-15(9-13)21-10-22-17)20-26-19(5,6)18(3,4)24-7/h8-9,20-22H,10H2,1-7H3. The van der Waals surface area contributed by atoms with Crippen molar-refractivity contribution in [1.82, 2.24) is 5.16 Å². The van der Waals surface area contributed by atoms with E-state index in [2.05, 4.69) is 41.8 Å². The van der Waals surface area contributed by atoms with Gasteiger partial charge in [-0.1, -0.05) is 11.2 Å². The minimum Gasteiger partial charge on any atom is -0.427 e. The van der Waals surface area contributed by atoms with E-state index >= 15 is 0 Å². The van der Waals surface area contributed by atoms with Crippen LogP contribution in [0.25, 0.3) is 11.1 Å².